The number of carbonyl (C=O) groups excluding carboxylic acids is 1. The molecule has 114 valence electrons. The van der Waals surface area contributed by atoms with Gasteiger partial charge in [-0.1, -0.05) is 19.1 Å². The second-order valence-electron chi connectivity index (χ2n) is 5.64. The lowest BCUT2D eigenvalue weighted by atomic mass is 9.89. The van der Waals surface area contributed by atoms with E-state index in [2.05, 4.69) is 0 Å². The summed E-state index contributed by atoms with van der Waals surface area (Å²) in [5, 5.41) is 19.1. The molecule has 0 radical (unpaired) electrons. The Bertz CT molecular complexity index is 533. The molecule has 1 aliphatic heterocycles. The van der Waals surface area contributed by atoms with Gasteiger partial charge >= 0.3 is 5.97 Å². The lowest BCUT2D eigenvalue weighted by Gasteiger charge is -2.37. The van der Waals surface area contributed by atoms with Gasteiger partial charge < -0.3 is 15.1 Å². The molecule has 1 fully saturated rings. The molecule has 5 heteroatoms. The first-order chi connectivity index (χ1) is 9.93. The predicted molar refractivity (Wildman–Crippen MR) is 78.2 cm³/mol. The molecule has 0 saturated carbocycles. The van der Waals surface area contributed by atoms with Gasteiger partial charge in [0.2, 0.25) is 5.91 Å². The van der Waals surface area contributed by atoms with Gasteiger partial charge in [0.15, 0.2) is 0 Å². The molecule has 1 aromatic rings. The van der Waals surface area contributed by atoms with E-state index in [1.54, 1.807) is 17.0 Å². The van der Waals surface area contributed by atoms with Crippen LogP contribution in [0.4, 0.5) is 0 Å². The van der Waals surface area contributed by atoms with Crippen LogP contribution < -0.4 is 0 Å². The van der Waals surface area contributed by atoms with E-state index in [4.69, 9.17) is 5.11 Å². The van der Waals surface area contributed by atoms with Crippen molar-refractivity contribution in [2.45, 2.75) is 38.2 Å². The molecule has 0 bridgehead atoms. The maximum Gasteiger partial charge on any atom is 0.335 e. The Morgan fingerprint density at radius 1 is 1.29 bits per heavy atom. The van der Waals surface area contributed by atoms with Crippen LogP contribution in [-0.4, -0.2) is 45.7 Å². The molecular formula is C16H21NO4. The van der Waals surface area contributed by atoms with E-state index in [0.717, 1.165) is 0 Å². The van der Waals surface area contributed by atoms with E-state index in [9.17, 15) is 14.7 Å². The normalized spacial score (nSPS) is 17.5. The minimum atomic E-state index is -0.990. The number of amides is 1. The molecule has 5 nitrogen and oxygen atoms in total. The van der Waals surface area contributed by atoms with Crippen molar-refractivity contribution in [2.24, 2.45) is 0 Å². The highest BCUT2D eigenvalue weighted by Crippen LogP contribution is 2.25. The van der Waals surface area contributed by atoms with Crippen LogP contribution in [0.15, 0.2) is 24.3 Å². The van der Waals surface area contributed by atoms with Gasteiger partial charge in [-0.25, -0.2) is 4.79 Å². The minimum absolute atomic E-state index is 0.0179. The second-order valence-corrected chi connectivity index (χ2v) is 5.64. The summed E-state index contributed by atoms with van der Waals surface area (Å²) in [7, 11) is 0. The number of benzene rings is 1. The fourth-order valence-corrected chi connectivity index (χ4v) is 2.63. The SMILES string of the molecule is CCC1(O)CCN(C(=O)Cc2cccc(C(=O)O)c2)CC1. The highest BCUT2D eigenvalue weighted by molar-refractivity contribution is 5.88. The van der Waals surface area contributed by atoms with Crippen molar-refractivity contribution in [2.75, 3.05) is 13.1 Å². The van der Waals surface area contributed by atoms with Crippen molar-refractivity contribution >= 4 is 11.9 Å². The van der Waals surface area contributed by atoms with E-state index in [1.807, 2.05) is 6.92 Å². The molecule has 1 amide bonds. The van der Waals surface area contributed by atoms with Crippen molar-refractivity contribution in [3.63, 3.8) is 0 Å². The van der Waals surface area contributed by atoms with Crippen LogP contribution in [0.3, 0.4) is 0 Å². The van der Waals surface area contributed by atoms with Gasteiger partial charge in [0.25, 0.3) is 0 Å². The van der Waals surface area contributed by atoms with Crippen LogP contribution in [-0.2, 0) is 11.2 Å². The second kappa shape index (κ2) is 6.26. The molecule has 0 aliphatic carbocycles. The van der Waals surface area contributed by atoms with Crippen LogP contribution in [0.5, 0.6) is 0 Å². The van der Waals surface area contributed by atoms with Crippen molar-refractivity contribution in [3.8, 4) is 0 Å². The Labute approximate surface area is 124 Å². The summed E-state index contributed by atoms with van der Waals surface area (Å²) >= 11 is 0. The molecule has 1 saturated heterocycles. The van der Waals surface area contributed by atoms with Gasteiger partial charge in [0.1, 0.15) is 0 Å². The maximum atomic E-state index is 12.2. The Hall–Kier alpha value is -1.88. The Balaban J connectivity index is 1.96. The summed E-state index contributed by atoms with van der Waals surface area (Å²) in [4.78, 5) is 24.9. The topological polar surface area (TPSA) is 77.8 Å². The Kier molecular flexibility index (Phi) is 4.63. The van der Waals surface area contributed by atoms with Gasteiger partial charge in [-0.3, -0.25) is 4.79 Å². The molecule has 0 atom stereocenters. The number of hydrogen-bond donors (Lipinski definition) is 2. The molecule has 1 aliphatic rings. The van der Waals surface area contributed by atoms with Crippen molar-refractivity contribution in [1.29, 1.82) is 0 Å². The summed E-state index contributed by atoms with van der Waals surface area (Å²) in [5.41, 5.74) is 0.260. The molecule has 1 heterocycles. The molecule has 0 aromatic heterocycles. The lowest BCUT2D eigenvalue weighted by Crippen LogP contribution is -2.46. The van der Waals surface area contributed by atoms with Gasteiger partial charge in [0, 0.05) is 13.1 Å². The third-order valence-corrected chi connectivity index (χ3v) is 4.23. The fourth-order valence-electron chi connectivity index (χ4n) is 2.63. The average Bonchev–Trinajstić information content (AvgIpc) is 2.48. The monoisotopic (exact) mass is 291 g/mol. The summed E-state index contributed by atoms with van der Waals surface area (Å²) in [6, 6.07) is 6.46. The zero-order chi connectivity index (χ0) is 15.5. The highest BCUT2D eigenvalue weighted by atomic mass is 16.4. The zero-order valence-electron chi connectivity index (χ0n) is 12.2. The molecule has 2 N–H and O–H groups in total. The van der Waals surface area contributed by atoms with Gasteiger partial charge in [-0.05, 0) is 37.0 Å². The van der Waals surface area contributed by atoms with Crippen molar-refractivity contribution < 1.29 is 19.8 Å². The number of carbonyl (C=O) groups is 2. The standard InChI is InChI=1S/C16H21NO4/c1-2-16(21)6-8-17(9-7-16)14(18)11-12-4-3-5-13(10-12)15(19)20/h3-5,10,21H,2,6-9,11H2,1H3,(H,19,20). The lowest BCUT2D eigenvalue weighted by molar-refractivity contribution is -0.134. The quantitative estimate of drug-likeness (QED) is 0.885. The zero-order valence-corrected chi connectivity index (χ0v) is 12.2. The first-order valence-corrected chi connectivity index (χ1v) is 7.26. The van der Waals surface area contributed by atoms with Crippen LogP contribution in [0.2, 0.25) is 0 Å². The number of likely N-dealkylation sites (tertiary alicyclic amines) is 1. The third-order valence-electron chi connectivity index (χ3n) is 4.23. The summed E-state index contributed by atoms with van der Waals surface area (Å²) in [6.45, 7) is 3.07. The molecular weight excluding hydrogens is 270 g/mol. The van der Waals surface area contributed by atoms with Gasteiger partial charge in [-0.2, -0.15) is 0 Å². The van der Waals surface area contributed by atoms with E-state index >= 15 is 0 Å². The smallest absolute Gasteiger partial charge is 0.335 e. The van der Waals surface area contributed by atoms with Crippen molar-refractivity contribution in [3.05, 3.63) is 35.4 Å². The first-order valence-electron chi connectivity index (χ1n) is 7.26. The molecule has 1 aromatic carbocycles. The van der Waals surface area contributed by atoms with E-state index in [-0.39, 0.29) is 17.9 Å². The number of carboxylic acid groups (broad SMARTS) is 1. The minimum Gasteiger partial charge on any atom is -0.478 e. The predicted octanol–water partition coefficient (Wildman–Crippen LogP) is 1.69. The van der Waals surface area contributed by atoms with Crippen molar-refractivity contribution in [1.82, 2.24) is 4.90 Å². The van der Waals surface area contributed by atoms with E-state index in [1.165, 1.54) is 12.1 Å². The maximum absolute atomic E-state index is 12.2. The molecule has 2 rings (SSSR count). The first kappa shape index (κ1) is 15.5. The van der Waals surface area contributed by atoms with Crippen LogP contribution in [0.25, 0.3) is 0 Å². The molecule has 0 spiro atoms. The fraction of sp³-hybridized carbons (Fsp3) is 0.500. The number of rotatable bonds is 4. The third kappa shape index (κ3) is 3.82. The number of carboxylic acids is 1. The highest BCUT2D eigenvalue weighted by Gasteiger charge is 2.32. The Morgan fingerprint density at radius 2 is 1.95 bits per heavy atom. The number of hydrogen-bond acceptors (Lipinski definition) is 3. The van der Waals surface area contributed by atoms with E-state index in [0.29, 0.717) is 37.9 Å². The Morgan fingerprint density at radius 3 is 2.52 bits per heavy atom. The average molecular weight is 291 g/mol. The number of aromatic carboxylic acids is 1. The van der Waals surface area contributed by atoms with Crippen LogP contribution >= 0.6 is 0 Å². The summed E-state index contributed by atoms with van der Waals surface area (Å²) < 4.78 is 0. The number of aliphatic hydroxyl groups is 1. The molecule has 21 heavy (non-hydrogen) atoms. The van der Waals surface area contributed by atoms with Crippen LogP contribution in [0.1, 0.15) is 42.1 Å². The van der Waals surface area contributed by atoms with Gasteiger partial charge in [-0.15, -0.1) is 0 Å². The summed E-state index contributed by atoms with van der Waals surface area (Å²) in [5.74, 6) is -1.01. The summed E-state index contributed by atoms with van der Waals surface area (Å²) in [6.07, 6.45) is 2.11. The largest absolute Gasteiger partial charge is 0.478 e. The van der Waals surface area contributed by atoms with Crippen LogP contribution in [0, 0.1) is 0 Å². The van der Waals surface area contributed by atoms with E-state index < -0.39 is 11.6 Å². The number of nitrogens with zero attached hydrogens (tertiary/aromatic N) is 1. The van der Waals surface area contributed by atoms with Gasteiger partial charge in [0.05, 0.1) is 17.6 Å². The molecule has 0 unspecified atom stereocenters. The number of piperidine rings is 1.